The molecule has 104 valence electrons. The molecule has 1 unspecified atom stereocenters. The molecule has 0 spiro atoms. The summed E-state index contributed by atoms with van der Waals surface area (Å²) >= 11 is 0. The molecular weight excluding hydrogens is 232 g/mol. The molecule has 0 aliphatic rings. The normalized spacial score (nSPS) is 12.4. The zero-order valence-corrected chi connectivity index (χ0v) is 12.2. The first kappa shape index (κ1) is 15.7. The predicted molar refractivity (Wildman–Crippen MR) is 84.4 cm³/mol. The van der Waals surface area contributed by atoms with E-state index >= 15 is 0 Å². The Bertz CT molecular complexity index is 371. The van der Waals surface area contributed by atoms with Gasteiger partial charge in [0.1, 0.15) is 0 Å². The Kier molecular flexibility index (Phi) is 7.16. The van der Waals surface area contributed by atoms with Crippen LogP contribution in [0.4, 0.5) is 0 Å². The summed E-state index contributed by atoms with van der Waals surface area (Å²) in [7, 11) is 2.02. The highest BCUT2D eigenvalue weighted by molar-refractivity contribution is 5.24. The van der Waals surface area contributed by atoms with Gasteiger partial charge in [0.15, 0.2) is 0 Å². The fourth-order valence-corrected chi connectivity index (χ4v) is 2.21. The van der Waals surface area contributed by atoms with Crippen LogP contribution in [0.5, 0.6) is 0 Å². The molecular formula is C17H26N2. The van der Waals surface area contributed by atoms with Crippen molar-refractivity contribution in [2.45, 2.75) is 19.4 Å². The zero-order chi connectivity index (χ0) is 14.1. The lowest BCUT2D eigenvalue weighted by atomic mass is 10.0. The summed E-state index contributed by atoms with van der Waals surface area (Å²) in [5.74, 6) is 0. The Morgan fingerprint density at radius 3 is 2.21 bits per heavy atom. The summed E-state index contributed by atoms with van der Waals surface area (Å²) in [6, 6.07) is 9.16. The lowest BCUT2D eigenvalue weighted by molar-refractivity contribution is 0.311. The van der Waals surface area contributed by atoms with Gasteiger partial charge in [-0.15, -0.1) is 13.2 Å². The number of hydrogen-bond acceptors (Lipinski definition) is 2. The van der Waals surface area contributed by atoms with E-state index in [0.29, 0.717) is 6.04 Å². The number of aryl methyl sites for hydroxylation is 1. The fourth-order valence-electron chi connectivity index (χ4n) is 2.21. The van der Waals surface area contributed by atoms with Crippen LogP contribution in [0.15, 0.2) is 49.6 Å². The van der Waals surface area contributed by atoms with E-state index in [4.69, 9.17) is 0 Å². The van der Waals surface area contributed by atoms with Gasteiger partial charge in [-0.3, -0.25) is 4.90 Å². The van der Waals surface area contributed by atoms with Gasteiger partial charge in [-0.25, -0.2) is 0 Å². The van der Waals surface area contributed by atoms with Crippen molar-refractivity contribution in [2.24, 2.45) is 0 Å². The van der Waals surface area contributed by atoms with Gasteiger partial charge in [0.05, 0.1) is 0 Å². The van der Waals surface area contributed by atoms with Gasteiger partial charge >= 0.3 is 0 Å². The van der Waals surface area contributed by atoms with Crippen LogP contribution >= 0.6 is 0 Å². The van der Waals surface area contributed by atoms with Crippen molar-refractivity contribution in [2.75, 3.05) is 26.7 Å². The van der Waals surface area contributed by atoms with Crippen LogP contribution in [0.1, 0.15) is 23.6 Å². The van der Waals surface area contributed by atoms with Crippen LogP contribution in [0.2, 0.25) is 0 Å². The molecule has 2 nitrogen and oxygen atoms in total. The molecule has 1 aromatic rings. The van der Waals surface area contributed by atoms with E-state index in [1.165, 1.54) is 11.1 Å². The smallest absolute Gasteiger partial charge is 0.0329 e. The molecule has 0 aliphatic carbocycles. The summed E-state index contributed by atoms with van der Waals surface area (Å²) in [6.45, 7) is 12.6. The van der Waals surface area contributed by atoms with Crippen molar-refractivity contribution in [3.05, 3.63) is 60.7 Å². The Labute approximate surface area is 117 Å². The standard InChI is InChI=1S/C17H26N2/c1-5-12-19(13-6-2)14-11-17(18-4)16-9-7-15(3)8-10-16/h5-10,17-18H,1-2,11-14H2,3-4H3. The summed E-state index contributed by atoms with van der Waals surface area (Å²) in [4.78, 5) is 2.35. The van der Waals surface area contributed by atoms with Gasteiger partial charge in [0.25, 0.3) is 0 Å². The van der Waals surface area contributed by atoms with E-state index in [9.17, 15) is 0 Å². The summed E-state index contributed by atoms with van der Waals surface area (Å²) in [5, 5.41) is 3.40. The van der Waals surface area contributed by atoms with E-state index in [0.717, 1.165) is 26.1 Å². The summed E-state index contributed by atoms with van der Waals surface area (Å²) < 4.78 is 0. The van der Waals surface area contributed by atoms with Gasteiger partial charge in [-0.1, -0.05) is 42.0 Å². The highest BCUT2D eigenvalue weighted by Crippen LogP contribution is 2.17. The van der Waals surface area contributed by atoms with E-state index in [1.807, 2.05) is 19.2 Å². The molecule has 0 amide bonds. The molecule has 1 rings (SSSR count). The first-order valence-electron chi connectivity index (χ1n) is 6.89. The minimum Gasteiger partial charge on any atom is -0.313 e. The lowest BCUT2D eigenvalue weighted by Crippen LogP contribution is -2.28. The predicted octanol–water partition coefficient (Wildman–Crippen LogP) is 3.32. The number of nitrogens with one attached hydrogen (secondary N) is 1. The van der Waals surface area contributed by atoms with Crippen molar-refractivity contribution < 1.29 is 0 Å². The highest BCUT2D eigenvalue weighted by Gasteiger charge is 2.10. The molecule has 1 aromatic carbocycles. The molecule has 0 bridgehead atoms. The third-order valence-electron chi connectivity index (χ3n) is 3.34. The van der Waals surface area contributed by atoms with Crippen molar-refractivity contribution in [1.29, 1.82) is 0 Å². The number of rotatable bonds is 9. The van der Waals surface area contributed by atoms with Crippen molar-refractivity contribution in [3.8, 4) is 0 Å². The van der Waals surface area contributed by atoms with Crippen LogP contribution in [-0.4, -0.2) is 31.6 Å². The summed E-state index contributed by atoms with van der Waals surface area (Å²) in [5.41, 5.74) is 2.66. The maximum Gasteiger partial charge on any atom is 0.0329 e. The second-order valence-corrected chi connectivity index (χ2v) is 4.88. The molecule has 0 radical (unpaired) electrons. The third-order valence-corrected chi connectivity index (χ3v) is 3.34. The first-order chi connectivity index (χ1) is 9.21. The molecule has 2 heteroatoms. The van der Waals surface area contributed by atoms with Crippen molar-refractivity contribution >= 4 is 0 Å². The fraction of sp³-hybridized carbons (Fsp3) is 0.412. The minimum absolute atomic E-state index is 0.401. The van der Waals surface area contributed by atoms with Crippen LogP contribution in [0.25, 0.3) is 0 Å². The van der Waals surface area contributed by atoms with Crippen LogP contribution in [0.3, 0.4) is 0 Å². The molecule has 0 saturated carbocycles. The average molecular weight is 258 g/mol. The topological polar surface area (TPSA) is 15.3 Å². The van der Waals surface area contributed by atoms with Crippen molar-refractivity contribution in [3.63, 3.8) is 0 Å². The highest BCUT2D eigenvalue weighted by atomic mass is 15.1. The van der Waals surface area contributed by atoms with Crippen LogP contribution in [-0.2, 0) is 0 Å². The molecule has 0 heterocycles. The molecule has 0 fully saturated rings. The largest absolute Gasteiger partial charge is 0.313 e. The minimum atomic E-state index is 0.401. The van der Waals surface area contributed by atoms with E-state index < -0.39 is 0 Å². The SMILES string of the molecule is C=CCN(CC=C)CCC(NC)c1ccc(C)cc1. The second kappa shape index (κ2) is 8.68. The van der Waals surface area contributed by atoms with Crippen LogP contribution in [0, 0.1) is 6.92 Å². The first-order valence-corrected chi connectivity index (χ1v) is 6.89. The quantitative estimate of drug-likeness (QED) is 0.684. The monoisotopic (exact) mass is 258 g/mol. The van der Waals surface area contributed by atoms with E-state index in [1.54, 1.807) is 0 Å². The zero-order valence-electron chi connectivity index (χ0n) is 12.2. The molecule has 19 heavy (non-hydrogen) atoms. The lowest BCUT2D eigenvalue weighted by Gasteiger charge is -2.23. The maximum atomic E-state index is 3.81. The van der Waals surface area contributed by atoms with Crippen LogP contribution < -0.4 is 5.32 Å². The van der Waals surface area contributed by atoms with Gasteiger partial charge in [0.2, 0.25) is 0 Å². The van der Waals surface area contributed by atoms with E-state index in [2.05, 4.69) is 54.6 Å². The Morgan fingerprint density at radius 2 is 1.74 bits per heavy atom. The Morgan fingerprint density at radius 1 is 1.16 bits per heavy atom. The average Bonchev–Trinajstić information content (AvgIpc) is 2.41. The molecule has 1 N–H and O–H groups in total. The third kappa shape index (κ3) is 5.41. The molecule has 1 atom stereocenters. The Hall–Kier alpha value is -1.38. The van der Waals surface area contributed by atoms with Crippen molar-refractivity contribution in [1.82, 2.24) is 10.2 Å². The van der Waals surface area contributed by atoms with Gasteiger partial charge in [-0.05, 0) is 26.0 Å². The van der Waals surface area contributed by atoms with Gasteiger partial charge in [-0.2, -0.15) is 0 Å². The number of benzene rings is 1. The summed E-state index contributed by atoms with van der Waals surface area (Å²) in [6.07, 6.45) is 4.98. The number of nitrogens with zero attached hydrogens (tertiary/aromatic N) is 1. The van der Waals surface area contributed by atoms with E-state index in [-0.39, 0.29) is 0 Å². The second-order valence-electron chi connectivity index (χ2n) is 4.88. The maximum absolute atomic E-state index is 3.81. The molecule has 0 aliphatic heterocycles. The number of hydrogen-bond donors (Lipinski definition) is 1. The molecule has 0 aromatic heterocycles. The van der Waals surface area contributed by atoms with Gasteiger partial charge < -0.3 is 5.32 Å². The Balaban J connectivity index is 2.58. The van der Waals surface area contributed by atoms with Gasteiger partial charge in [0, 0.05) is 25.7 Å². The molecule has 0 saturated heterocycles.